The second-order valence-electron chi connectivity index (χ2n) is 10.3. The summed E-state index contributed by atoms with van der Waals surface area (Å²) in [5.41, 5.74) is 0.423. The zero-order chi connectivity index (χ0) is 30.5. The maximum atomic E-state index is 14.3. The van der Waals surface area contributed by atoms with E-state index >= 15 is 0 Å². The van der Waals surface area contributed by atoms with E-state index in [1.165, 1.54) is 11.8 Å². The molecule has 0 unspecified atom stereocenters. The molecule has 14 heteroatoms. The van der Waals surface area contributed by atoms with E-state index in [0.717, 1.165) is 12.1 Å². The molecular weight excluding hydrogens is 587 g/mol. The fourth-order valence-corrected chi connectivity index (χ4v) is 7.23. The maximum Gasteiger partial charge on any atom is 0.416 e. The van der Waals surface area contributed by atoms with E-state index < -0.39 is 27.2 Å². The van der Waals surface area contributed by atoms with E-state index in [9.17, 15) is 32.9 Å². The second kappa shape index (κ2) is 10.8. The third kappa shape index (κ3) is 4.83. The minimum atomic E-state index is -4.69. The average Bonchev–Trinajstić information content (AvgIpc) is 3.47. The Bertz CT molecular complexity index is 1600. The number of para-hydroxylation sites is 1. The SMILES string of the molecule is COc1ccc(N2C(=O)CS[C@@]23C(=O)N(CN2CCN(c4ccc(C(F)(F)F)cc4[N+](=O)[O-])CC2)c2ccccc23)cc1. The number of nitrogens with zero attached hydrogens (tertiary/aromatic N) is 5. The van der Waals surface area contributed by atoms with Gasteiger partial charge < -0.3 is 9.64 Å². The molecule has 3 aromatic carbocycles. The van der Waals surface area contributed by atoms with Crippen LogP contribution in [-0.2, 0) is 20.6 Å². The molecule has 0 saturated carbocycles. The standard InChI is InChI=1S/C29H26F3N5O5S/c1-42-21-9-7-20(8-10-21)36-26(38)17-43-28(36)22-4-2-3-5-23(22)35(27(28)39)18-33-12-14-34(15-13-33)24-11-6-19(29(30,31)32)16-25(24)37(40)41/h2-11,16H,12-15,17-18H2,1H3/t28-/m0/s1. The van der Waals surface area contributed by atoms with E-state index in [0.29, 0.717) is 54.9 Å². The van der Waals surface area contributed by atoms with Crippen molar-refractivity contribution in [2.75, 3.05) is 60.4 Å². The number of nitro groups is 1. The Morgan fingerprint density at radius 1 is 0.977 bits per heavy atom. The minimum absolute atomic E-state index is 0.121. The van der Waals surface area contributed by atoms with Crippen LogP contribution in [0.15, 0.2) is 66.7 Å². The number of thioether (sulfide) groups is 1. The van der Waals surface area contributed by atoms with Crippen molar-refractivity contribution < 1.29 is 32.4 Å². The molecule has 3 aromatic rings. The van der Waals surface area contributed by atoms with Gasteiger partial charge >= 0.3 is 6.18 Å². The van der Waals surface area contributed by atoms with Gasteiger partial charge in [-0.2, -0.15) is 13.2 Å². The molecule has 1 spiro atoms. The molecule has 0 bridgehead atoms. The summed E-state index contributed by atoms with van der Waals surface area (Å²) in [6.45, 7) is 1.65. The van der Waals surface area contributed by atoms with Crippen LogP contribution in [0.5, 0.6) is 5.75 Å². The lowest BCUT2D eigenvalue weighted by Gasteiger charge is -2.38. The Balaban J connectivity index is 1.23. The Morgan fingerprint density at radius 2 is 1.67 bits per heavy atom. The van der Waals surface area contributed by atoms with Crippen molar-refractivity contribution in [3.05, 3.63) is 88.0 Å². The van der Waals surface area contributed by atoms with Crippen molar-refractivity contribution in [2.24, 2.45) is 0 Å². The molecule has 3 aliphatic rings. The number of methoxy groups -OCH3 is 1. The molecular formula is C29H26F3N5O5S. The summed E-state index contributed by atoms with van der Waals surface area (Å²) in [6, 6.07) is 16.9. The predicted molar refractivity (Wildman–Crippen MR) is 155 cm³/mol. The Kier molecular flexibility index (Phi) is 7.21. The number of anilines is 3. The third-order valence-electron chi connectivity index (χ3n) is 7.95. The van der Waals surface area contributed by atoms with Gasteiger partial charge in [-0.05, 0) is 42.5 Å². The van der Waals surface area contributed by atoms with E-state index in [1.807, 2.05) is 29.2 Å². The molecule has 10 nitrogen and oxygen atoms in total. The number of fused-ring (bicyclic) bond motifs is 2. The highest BCUT2D eigenvalue weighted by Crippen LogP contribution is 2.55. The molecule has 0 N–H and O–H groups in total. The monoisotopic (exact) mass is 613 g/mol. The molecule has 1 atom stereocenters. The number of hydrogen-bond donors (Lipinski definition) is 0. The summed E-state index contributed by atoms with van der Waals surface area (Å²) in [6.07, 6.45) is -4.69. The van der Waals surface area contributed by atoms with Crippen LogP contribution < -0.4 is 19.4 Å². The van der Waals surface area contributed by atoms with Crippen LogP contribution in [-0.4, -0.2) is 67.3 Å². The predicted octanol–water partition coefficient (Wildman–Crippen LogP) is 4.68. The quantitative estimate of drug-likeness (QED) is 0.292. The molecule has 224 valence electrons. The van der Waals surface area contributed by atoms with E-state index in [-0.39, 0.29) is 29.9 Å². The highest BCUT2D eigenvalue weighted by atomic mass is 32.2. The number of rotatable bonds is 6. The van der Waals surface area contributed by atoms with Crippen LogP contribution in [0.1, 0.15) is 11.1 Å². The summed E-state index contributed by atoms with van der Waals surface area (Å²) in [5, 5.41) is 11.6. The van der Waals surface area contributed by atoms with Crippen molar-refractivity contribution in [3.8, 4) is 5.75 Å². The van der Waals surface area contributed by atoms with Crippen LogP contribution in [0.3, 0.4) is 0 Å². The number of alkyl halides is 3. The first-order chi connectivity index (χ1) is 20.5. The van der Waals surface area contributed by atoms with Gasteiger partial charge in [0.15, 0.2) is 0 Å². The van der Waals surface area contributed by atoms with Crippen molar-refractivity contribution in [1.82, 2.24) is 4.90 Å². The van der Waals surface area contributed by atoms with Gasteiger partial charge in [-0.25, -0.2) is 0 Å². The second-order valence-corrected chi connectivity index (χ2v) is 11.5. The van der Waals surface area contributed by atoms with Crippen molar-refractivity contribution in [3.63, 3.8) is 0 Å². The van der Waals surface area contributed by atoms with Gasteiger partial charge in [0.2, 0.25) is 10.8 Å². The Morgan fingerprint density at radius 3 is 2.33 bits per heavy atom. The molecule has 6 rings (SSSR count). The normalized spacial score (nSPS) is 20.7. The van der Waals surface area contributed by atoms with E-state index in [1.54, 1.807) is 46.1 Å². The topological polar surface area (TPSA) is 99.5 Å². The lowest BCUT2D eigenvalue weighted by atomic mass is 10.0. The number of hydrogen-bond acceptors (Lipinski definition) is 8. The lowest BCUT2D eigenvalue weighted by molar-refractivity contribution is -0.384. The van der Waals surface area contributed by atoms with Crippen LogP contribution in [0, 0.1) is 10.1 Å². The van der Waals surface area contributed by atoms with Gasteiger partial charge in [-0.1, -0.05) is 18.2 Å². The Hall–Kier alpha value is -4.30. The number of nitro benzene ring substituents is 1. The number of carbonyl (C=O) groups excluding carboxylic acids is 2. The molecule has 3 heterocycles. The first-order valence-electron chi connectivity index (χ1n) is 13.4. The van der Waals surface area contributed by atoms with Gasteiger partial charge in [-0.15, -0.1) is 11.8 Å². The van der Waals surface area contributed by atoms with Crippen molar-refractivity contribution >= 4 is 46.3 Å². The first-order valence-corrected chi connectivity index (χ1v) is 14.4. The molecule has 2 saturated heterocycles. The maximum absolute atomic E-state index is 14.3. The summed E-state index contributed by atoms with van der Waals surface area (Å²) in [7, 11) is 1.55. The average molecular weight is 614 g/mol. The number of ether oxygens (including phenoxy) is 1. The van der Waals surface area contributed by atoms with E-state index in [2.05, 4.69) is 0 Å². The molecule has 2 fully saturated rings. The zero-order valence-corrected chi connectivity index (χ0v) is 23.7. The fourth-order valence-electron chi connectivity index (χ4n) is 5.87. The highest BCUT2D eigenvalue weighted by Gasteiger charge is 2.61. The molecule has 0 radical (unpaired) electrons. The van der Waals surface area contributed by atoms with Gasteiger partial charge in [0.25, 0.3) is 11.6 Å². The summed E-state index contributed by atoms with van der Waals surface area (Å²) < 4.78 is 44.8. The van der Waals surface area contributed by atoms with Crippen LogP contribution in [0.2, 0.25) is 0 Å². The molecule has 3 aliphatic heterocycles. The number of amides is 2. The molecule has 43 heavy (non-hydrogen) atoms. The fraction of sp³-hybridized carbons (Fsp3) is 0.310. The van der Waals surface area contributed by atoms with Crippen LogP contribution in [0.4, 0.5) is 35.9 Å². The number of benzene rings is 3. The number of halogens is 3. The first kappa shape index (κ1) is 28.8. The van der Waals surface area contributed by atoms with Crippen LogP contribution >= 0.6 is 11.8 Å². The van der Waals surface area contributed by atoms with Crippen molar-refractivity contribution in [1.29, 1.82) is 0 Å². The summed E-state index contributed by atoms with van der Waals surface area (Å²) in [5.74, 6) is 0.315. The van der Waals surface area contributed by atoms with Crippen molar-refractivity contribution in [2.45, 2.75) is 11.0 Å². The van der Waals surface area contributed by atoms with Gasteiger partial charge in [-0.3, -0.25) is 34.4 Å². The zero-order valence-electron chi connectivity index (χ0n) is 22.9. The van der Waals surface area contributed by atoms with Gasteiger partial charge in [0, 0.05) is 43.5 Å². The molecule has 0 aliphatic carbocycles. The molecule has 0 aromatic heterocycles. The third-order valence-corrected chi connectivity index (χ3v) is 9.33. The smallest absolute Gasteiger partial charge is 0.416 e. The summed E-state index contributed by atoms with van der Waals surface area (Å²) >= 11 is 1.28. The largest absolute Gasteiger partial charge is 0.497 e. The number of piperazine rings is 1. The summed E-state index contributed by atoms with van der Waals surface area (Å²) in [4.78, 5) is 44.0. The van der Waals surface area contributed by atoms with Gasteiger partial charge in [0.1, 0.15) is 11.4 Å². The lowest BCUT2D eigenvalue weighted by Crippen LogP contribution is -2.54. The van der Waals surface area contributed by atoms with E-state index in [4.69, 9.17) is 4.74 Å². The van der Waals surface area contributed by atoms with Gasteiger partial charge in [0.05, 0.1) is 35.7 Å². The highest BCUT2D eigenvalue weighted by molar-refractivity contribution is 8.02. The molecule has 2 amide bonds. The Labute approximate surface area is 248 Å². The number of carbonyl (C=O) groups is 2. The minimum Gasteiger partial charge on any atom is -0.497 e. The van der Waals surface area contributed by atoms with Crippen LogP contribution in [0.25, 0.3) is 0 Å².